The van der Waals surface area contributed by atoms with Gasteiger partial charge in [-0.05, 0) is 80.4 Å². The lowest BCUT2D eigenvalue weighted by Gasteiger charge is -2.23. The number of fused-ring (bicyclic) bond motifs is 1. The van der Waals surface area contributed by atoms with Gasteiger partial charge in [0.2, 0.25) is 5.91 Å². The number of nitrogens with zero attached hydrogens (tertiary/aromatic N) is 5. The third-order valence-electron chi connectivity index (χ3n) is 7.17. The molecule has 0 saturated carbocycles. The van der Waals surface area contributed by atoms with Crippen molar-refractivity contribution in [3.8, 4) is 0 Å². The van der Waals surface area contributed by atoms with E-state index < -0.39 is 23.4 Å². The van der Waals surface area contributed by atoms with Crippen LogP contribution in [0.4, 0.5) is 18.0 Å². The molecule has 15 heteroatoms. The minimum Gasteiger partial charge on any atom is -0.444 e. The molecule has 0 bridgehead atoms. The highest BCUT2D eigenvalue weighted by Crippen LogP contribution is 2.35. The Morgan fingerprint density at radius 2 is 1.87 bits per heavy atom. The summed E-state index contributed by atoms with van der Waals surface area (Å²) in [4.78, 5) is 45.7. The molecule has 1 aromatic heterocycles. The molecule has 5 rings (SSSR count). The first-order chi connectivity index (χ1) is 21.7. The molecule has 46 heavy (non-hydrogen) atoms. The molecule has 244 valence electrons. The highest BCUT2D eigenvalue weighted by Gasteiger charge is 2.34. The summed E-state index contributed by atoms with van der Waals surface area (Å²) in [5, 5.41) is 8.05. The van der Waals surface area contributed by atoms with Gasteiger partial charge >= 0.3 is 12.3 Å². The van der Waals surface area contributed by atoms with E-state index in [0.717, 1.165) is 6.07 Å². The van der Waals surface area contributed by atoms with Crippen LogP contribution in [0, 0.1) is 0 Å². The van der Waals surface area contributed by atoms with Gasteiger partial charge in [-0.2, -0.15) is 23.3 Å². The number of aliphatic imine (C=N–C) groups is 1. The fourth-order valence-corrected chi connectivity index (χ4v) is 6.19. The molecule has 1 fully saturated rings. The van der Waals surface area contributed by atoms with E-state index in [0.29, 0.717) is 59.1 Å². The number of ether oxygens (including phenoxy) is 1. The zero-order valence-electron chi connectivity index (χ0n) is 25.4. The summed E-state index contributed by atoms with van der Waals surface area (Å²) in [6.07, 6.45) is -1.26. The number of thioether (sulfide) groups is 1. The quantitative estimate of drug-likeness (QED) is 0.341. The summed E-state index contributed by atoms with van der Waals surface area (Å²) >= 11 is 7.06. The average molecular weight is 677 g/mol. The van der Waals surface area contributed by atoms with Crippen molar-refractivity contribution in [2.24, 2.45) is 4.99 Å². The smallest absolute Gasteiger partial charge is 0.416 e. The number of hydrogen-bond acceptors (Lipinski definition) is 7. The van der Waals surface area contributed by atoms with Gasteiger partial charge in [-0.15, -0.1) is 0 Å². The van der Waals surface area contributed by atoms with Gasteiger partial charge in [0.05, 0.1) is 28.7 Å². The molecule has 0 aliphatic carbocycles. The molecule has 1 saturated heterocycles. The van der Waals surface area contributed by atoms with Crippen LogP contribution >= 0.6 is 23.4 Å². The molecule has 2 aromatic carbocycles. The van der Waals surface area contributed by atoms with Gasteiger partial charge < -0.3 is 19.9 Å². The summed E-state index contributed by atoms with van der Waals surface area (Å²) in [5.74, 6) is -0.602. The predicted octanol–water partition coefficient (Wildman–Crippen LogP) is 5.79. The summed E-state index contributed by atoms with van der Waals surface area (Å²) in [6, 6.07) is 9.01. The maximum absolute atomic E-state index is 13.6. The zero-order valence-corrected chi connectivity index (χ0v) is 26.9. The number of carbonyl (C=O) groups excluding carboxylic acids is 3. The molecule has 0 atom stereocenters. The number of rotatable bonds is 5. The Labute approximate surface area is 272 Å². The molecule has 3 amide bonds. The van der Waals surface area contributed by atoms with Gasteiger partial charge in [-0.1, -0.05) is 23.7 Å². The molecular weight excluding hydrogens is 645 g/mol. The Bertz CT molecular complexity index is 1730. The molecule has 3 heterocycles. The number of carbonyl (C=O) groups is 3. The second-order valence-electron chi connectivity index (χ2n) is 11.8. The van der Waals surface area contributed by atoms with Crippen LogP contribution in [0.15, 0.2) is 52.5 Å². The standard InChI is InChI=1S/C31H32ClF3N6O4S/c1-30(2,3)45-29(44)36-17-26(42)39-9-4-10-40(12-11-39)28-38-27(43)25(46-28)14-19-5-8-24-21(13-19)16-37-41(24)18-20-6-7-22(32)15-23(20)31(33,34)35/h5-8,13-16H,4,9-12,17-18H2,1-3H3,(H,36,44). The maximum Gasteiger partial charge on any atom is 0.416 e. The lowest BCUT2D eigenvalue weighted by molar-refractivity contribution is -0.138. The van der Waals surface area contributed by atoms with Crippen LogP contribution in [0.1, 0.15) is 43.9 Å². The van der Waals surface area contributed by atoms with Crippen LogP contribution in [-0.2, 0) is 27.0 Å². The number of nitrogens with one attached hydrogen (secondary N) is 1. The lowest BCUT2D eigenvalue weighted by atomic mass is 10.1. The number of alkyl halides is 3. The largest absolute Gasteiger partial charge is 0.444 e. The van der Waals surface area contributed by atoms with Crippen molar-refractivity contribution in [1.82, 2.24) is 24.9 Å². The Kier molecular flexibility index (Phi) is 9.68. The minimum absolute atomic E-state index is 0.00292. The molecule has 2 aliphatic heterocycles. The van der Waals surface area contributed by atoms with Crippen molar-refractivity contribution >= 4 is 63.4 Å². The first-order valence-corrected chi connectivity index (χ1v) is 15.7. The molecule has 10 nitrogen and oxygen atoms in total. The monoisotopic (exact) mass is 676 g/mol. The van der Waals surface area contributed by atoms with E-state index in [1.807, 2.05) is 11.0 Å². The van der Waals surface area contributed by atoms with Gasteiger partial charge in [-0.25, -0.2) is 4.79 Å². The normalized spacial score (nSPS) is 17.0. The summed E-state index contributed by atoms with van der Waals surface area (Å²) in [6.45, 7) is 6.94. The van der Waals surface area contributed by atoms with Crippen molar-refractivity contribution in [1.29, 1.82) is 0 Å². The van der Waals surface area contributed by atoms with Gasteiger partial charge in [0, 0.05) is 36.6 Å². The van der Waals surface area contributed by atoms with Gasteiger partial charge in [0.15, 0.2) is 5.17 Å². The molecule has 0 spiro atoms. The molecule has 3 aromatic rings. The highest BCUT2D eigenvalue weighted by molar-refractivity contribution is 8.18. The lowest BCUT2D eigenvalue weighted by Crippen LogP contribution is -2.43. The van der Waals surface area contributed by atoms with Crippen LogP contribution in [0.3, 0.4) is 0 Å². The van der Waals surface area contributed by atoms with E-state index in [9.17, 15) is 27.6 Å². The zero-order chi connectivity index (χ0) is 33.2. The average Bonchev–Trinajstić information content (AvgIpc) is 3.43. The van der Waals surface area contributed by atoms with Gasteiger partial charge in [0.1, 0.15) is 12.1 Å². The second kappa shape index (κ2) is 13.4. The summed E-state index contributed by atoms with van der Waals surface area (Å²) < 4.78 is 47.4. The molecule has 0 unspecified atom stereocenters. The maximum atomic E-state index is 13.6. The fourth-order valence-electron chi connectivity index (χ4n) is 5.05. The number of hydrogen-bond donors (Lipinski definition) is 1. The Hall–Kier alpha value is -4.04. The van der Waals surface area contributed by atoms with E-state index in [-0.39, 0.29) is 35.5 Å². The number of alkyl carbamates (subject to hydrolysis) is 1. The number of amides is 3. The molecule has 2 aliphatic rings. The third kappa shape index (κ3) is 8.21. The van der Waals surface area contributed by atoms with E-state index >= 15 is 0 Å². The first-order valence-electron chi connectivity index (χ1n) is 14.5. The van der Waals surface area contributed by atoms with Crippen molar-refractivity contribution < 1.29 is 32.3 Å². The molecule has 0 radical (unpaired) electrons. The third-order valence-corrected chi connectivity index (χ3v) is 8.45. The van der Waals surface area contributed by atoms with Crippen molar-refractivity contribution in [2.45, 2.75) is 45.5 Å². The minimum atomic E-state index is -4.56. The summed E-state index contributed by atoms with van der Waals surface area (Å²) in [7, 11) is 0. The number of amidine groups is 1. The molecular formula is C31H32ClF3N6O4S. The molecule has 1 N–H and O–H groups in total. The summed E-state index contributed by atoms with van der Waals surface area (Å²) in [5.41, 5.74) is -0.0762. The van der Waals surface area contributed by atoms with E-state index in [1.54, 1.807) is 50.1 Å². The van der Waals surface area contributed by atoms with Crippen LogP contribution < -0.4 is 5.32 Å². The van der Waals surface area contributed by atoms with E-state index in [2.05, 4.69) is 15.4 Å². The first kappa shape index (κ1) is 33.3. The number of aromatic nitrogens is 2. The second-order valence-corrected chi connectivity index (χ2v) is 13.3. The highest BCUT2D eigenvalue weighted by atomic mass is 35.5. The van der Waals surface area contributed by atoms with Gasteiger partial charge in [0.25, 0.3) is 5.91 Å². The predicted molar refractivity (Wildman–Crippen MR) is 170 cm³/mol. The van der Waals surface area contributed by atoms with Crippen molar-refractivity contribution in [2.75, 3.05) is 32.7 Å². The Morgan fingerprint density at radius 3 is 2.61 bits per heavy atom. The van der Waals surface area contributed by atoms with Crippen LogP contribution in [-0.4, -0.2) is 81.0 Å². The van der Waals surface area contributed by atoms with Crippen molar-refractivity contribution in [3.05, 3.63) is 69.2 Å². The Balaban J connectivity index is 1.20. The fraction of sp³-hybridized carbons (Fsp3) is 0.387. The number of benzene rings is 2. The van der Waals surface area contributed by atoms with Gasteiger partial charge in [-0.3, -0.25) is 14.3 Å². The van der Waals surface area contributed by atoms with Crippen LogP contribution in [0.5, 0.6) is 0 Å². The Morgan fingerprint density at radius 1 is 1.09 bits per heavy atom. The van der Waals surface area contributed by atoms with E-state index in [1.165, 1.54) is 28.6 Å². The topological polar surface area (TPSA) is 109 Å². The van der Waals surface area contributed by atoms with Crippen molar-refractivity contribution in [3.63, 3.8) is 0 Å². The van der Waals surface area contributed by atoms with Crippen LogP contribution in [0.2, 0.25) is 5.02 Å². The van der Waals surface area contributed by atoms with E-state index in [4.69, 9.17) is 16.3 Å². The number of halogens is 4. The SMILES string of the molecule is CC(C)(C)OC(=O)NCC(=O)N1CCCN(C2=NC(=O)C(=Cc3ccc4c(cnn4Cc4ccc(Cl)cc4C(F)(F)F)c3)S2)CC1. The van der Waals surface area contributed by atoms with Crippen LogP contribution in [0.25, 0.3) is 17.0 Å².